The van der Waals surface area contributed by atoms with Crippen LogP contribution in [0.25, 0.3) is 11.2 Å². The van der Waals surface area contributed by atoms with Gasteiger partial charge in [-0.25, -0.2) is 4.98 Å². The lowest BCUT2D eigenvalue weighted by atomic mass is 9.95. The number of aryl methyl sites for hydroxylation is 2. The number of rotatable bonds is 4. The average molecular weight is 618 g/mol. The zero-order valence-corrected chi connectivity index (χ0v) is 26.7. The van der Waals surface area contributed by atoms with Crippen molar-refractivity contribution in [1.29, 1.82) is 0 Å². The van der Waals surface area contributed by atoms with Gasteiger partial charge in [0.2, 0.25) is 5.28 Å². The molecule has 6 rings (SSSR count). The second-order valence-electron chi connectivity index (χ2n) is 10.1. The summed E-state index contributed by atoms with van der Waals surface area (Å²) >= 11 is 18.7. The molecule has 0 saturated carbocycles. The van der Waals surface area contributed by atoms with Crippen LogP contribution < -0.4 is 4.90 Å². The van der Waals surface area contributed by atoms with E-state index in [2.05, 4.69) is 51.0 Å². The Morgan fingerprint density at radius 2 is 1.39 bits per heavy atom. The number of benzene rings is 2. The quantitative estimate of drug-likeness (QED) is 0.218. The van der Waals surface area contributed by atoms with Crippen LogP contribution in [0.3, 0.4) is 0 Å². The SMILES string of the molecule is C1CCOC1.CC.Cc1nc2c(N3CCN(C(c4ccc(Cl)cc4)c4ccc(Cl)cc4)CC3C)nc(Cl)nc2n1C. The molecule has 41 heavy (non-hydrogen) atoms. The van der Waals surface area contributed by atoms with Gasteiger partial charge in [-0.2, -0.15) is 9.97 Å². The summed E-state index contributed by atoms with van der Waals surface area (Å²) in [5.41, 5.74) is 3.93. The van der Waals surface area contributed by atoms with Gasteiger partial charge in [-0.3, -0.25) is 4.90 Å². The highest BCUT2D eigenvalue weighted by molar-refractivity contribution is 6.30. The number of fused-ring (bicyclic) bond motifs is 1. The highest BCUT2D eigenvalue weighted by atomic mass is 35.5. The van der Waals surface area contributed by atoms with Crippen LogP contribution >= 0.6 is 34.8 Å². The molecule has 1 unspecified atom stereocenters. The van der Waals surface area contributed by atoms with E-state index in [4.69, 9.17) is 44.5 Å². The minimum Gasteiger partial charge on any atom is -0.381 e. The van der Waals surface area contributed by atoms with Gasteiger partial charge in [0.15, 0.2) is 17.0 Å². The smallest absolute Gasteiger partial charge is 0.226 e. The molecular formula is C31H39Cl3N6O. The molecule has 4 heterocycles. The lowest BCUT2D eigenvalue weighted by Crippen LogP contribution is -2.53. The molecule has 2 aliphatic rings. The van der Waals surface area contributed by atoms with Crippen molar-refractivity contribution in [2.45, 2.75) is 52.6 Å². The van der Waals surface area contributed by atoms with Crippen LogP contribution in [0.5, 0.6) is 0 Å². The number of nitrogens with zero attached hydrogens (tertiary/aromatic N) is 6. The van der Waals surface area contributed by atoms with Crippen molar-refractivity contribution in [3.05, 3.63) is 80.8 Å². The highest BCUT2D eigenvalue weighted by Crippen LogP contribution is 2.34. The number of piperazine rings is 1. The van der Waals surface area contributed by atoms with E-state index >= 15 is 0 Å². The summed E-state index contributed by atoms with van der Waals surface area (Å²) < 4.78 is 6.89. The fourth-order valence-electron chi connectivity index (χ4n) is 5.28. The van der Waals surface area contributed by atoms with E-state index in [1.54, 1.807) is 0 Å². The maximum absolute atomic E-state index is 6.31. The maximum atomic E-state index is 6.31. The summed E-state index contributed by atoms with van der Waals surface area (Å²) in [6, 6.07) is 16.5. The Balaban J connectivity index is 0.000000492. The average Bonchev–Trinajstić information content (AvgIpc) is 3.65. The van der Waals surface area contributed by atoms with Crippen LogP contribution in [0.15, 0.2) is 48.5 Å². The second-order valence-corrected chi connectivity index (χ2v) is 11.3. The van der Waals surface area contributed by atoms with Crippen molar-refractivity contribution in [1.82, 2.24) is 24.4 Å². The van der Waals surface area contributed by atoms with Crippen molar-refractivity contribution in [2.75, 3.05) is 37.7 Å². The minimum absolute atomic E-state index is 0.0882. The number of ether oxygens (including phenoxy) is 1. The third kappa shape index (κ3) is 7.51. The Hall–Kier alpha value is -2.42. The first-order chi connectivity index (χ1) is 19.8. The van der Waals surface area contributed by atoms with Gasteiger partial charge in [0, 0.05) is 56.0 Å². The molecule has 2 aliphatic heterocycles. The van der Waals surface area contributed by atoms with Crippen molar-refractivity contribution in [3.63, 3.8) is 0 Å². The van der Waals surface area contributed by atoms with E-state index in [0.717, 1.165) is 65.7 Å². The zero-order chi connectivity index (χ0) is 29.5. The van der Waals surface area contributed by atoms with E-state index in [0.29, 0.717) is 0 Å². The van der Waals surface area contributed by atoms with Gasteiger partial charge < -0.3 is 14.2 Å². The van der Waals surface area contributed by atoms with Gasteiger partial charge in [-0.1, -0.05) is 61.3 Å². The van der Waals surface area contributed by atoms with E-state index < -0.39 is 0 Å². The molecular weight excluding hydrogens is 579 g/mol. The predicted molar refractivity (Wildman–Crippen MR) is 171 cm³/mol. The molecule has 0 bridgehead atoms. The standard InChI is InChI=1S/C25H25Cl3N6.C4H8O.C2H6/c1-15-14-33(22(17-4-8-19(26)9-5-17)18-6-10-20(27)11-7-18)12-13-34(15)24-21-23(30-25(28)31-24)32(3)16(2)29-21;1-2-4-5-3-1;1-2/h4-11,15,22H,12-14H2,1-3H3;1-4H2;1-2H3. The van der Waals surface area contributed by atoms with Gasteiger partial charge in [0.1, 0.15) is 5.82 Å². The Morgan fingerprint density at radius 3 is 1.88 bits per heavy atom. The lowest BCUT2D eigenvalue weighted by molar-refractivity contribution is 0.187. The Labute approximate surface area is 258 Å². The summed E-state index contributed by atoms with van der Waals surface area (Å²) in [6.45, 7) is 12.6. The van der Waals surface area contributed by atoms with Crippen LogP contribution in [0, 0.1) is 6.92 Å². The molecule has 7 nitrogen and oxygen atoms in total. The van der Waals surface area contributed by atoms with Gasteiger partial charge in [0.05, 0.1) is 6.04 Å². The van der Waals surface area contributed by atoms with Crippen LogP contribution in [0.4, 0.5) is 5.82 Å². The summed E-state index contributed by atoms with van der Waals surface area (Å²) in [6.07, 6.45) is 2.56. The molecule has 4 aromatic rings. The fraction of sp³-hybridized carbons (Fsp3) is 0.452. The molecule has 1 atom stereocenters. The number of halogens is 3. The fourth-order valence-corrected chi connectivity index (χ4v) is 5.69. The summed E-state index contributed by atoms with van der Waals surface area (Å²) in [5.74, 6) is 1.67. The topological polar surface area (TPSA) is 59.3 Å². The van der Waals surface area contributed by atoms with Gasteiger partial charge in [-0.15, -0.1) is 0 Å². The summed E-state index contributed by atoms with van der Waals surface area (Å²) in [4.78, 5) is 18.5. The maximum Gasteiger partial charge on any atom is 0.226 e. The molecule has 0 aliphatic carbocycles. The summed E-state index contributed by atoms with van der Waals surface area (Å²) in [5, 5.41) is 1.69. The van der Waals surface area contributed by atoms with Crippen LogP contribution in [0.2, 0.25) is 15.3 Å². The second kappa shape index (κ2) is 14.7. The first-order valence-corrected chi connectivity index (χ1v) is 15.4. The Bertz CT molecular complexity index is 1350. The van der Waals surface area contributed by atoms with E-state index in [-0.39, 0.29) is 17.4 Å². The van der Waals surface area contributed by atoms with Crippen molar-refractivity contribution < 1.29 is 4.74 Å². The van der Waals surface area contributed by atoms with Crippen LogP contribution in [-0.2, 0) is 11.8 Å². The first kappa shape index (κ1) is 31.5. The molecule has 220 valence electrons. The largest absolute Gasteiger partial charge is 0.381 e. The molecule has 0 amide bonds. The number of imidazole rings is 1. The molecule has 2 aromatic heterocycles. The Morgan fingerprint density at radius 1 is 0.829 bits per heavy atom. The third-order valence-electron chi connectivity index (χ3n) is 7.39. The highest BCUT2D eigenvalue weighted by Gasteiger charge is 2.32. The number of anilines is 1. The zero-order valence-electron chi connectivity index (χ0n) is 24.4. The molecule has 0 radical (unpaired) electrons. The predicted octanol–water partition coefficient (Wildman–Crippen LogP) is 7.76. The van der Waals surface area contributed by atoms with Crippen molar-refractivity contribution in [2.24, 2.45) is 7.05 Å². The van der Waals surface area contributed by atoms with E-state index in [1.807, 2.05) is 56.7 Å². The van der Waals surface area contributed by atoms with Crippen LogP contribution in [-0.4, -0.2) is 63.3 Å². The third-order valence-corrected chi connectivity index (χ3v) is 8.06. The minimum atomic E-state index is 0.0882. The van der Waals surface area contributed by atoms with Crippen molar-refractivity contribution >= 4 is 51.8 Å². The van der Waals surface area contributed by atoms with E-state index in [9.17, 15) is 0 Å². The molecule has 2 fully saturated rings. The lowest BCUT2D eigenvalue weighted by Gasteiger charge is -2.44. The van der Waals surface area contributed by atoms with Gasteiger partial charge in [0.25, 0.3) is 0 Å². The molecule has 0 spiro atoms. The Kier molecular flexibility index (Phi) is 11.3. The van der Waals surface area contributed by atoms with Gasteiger partial charge >= 0.3 is 0 Å². The van der Waals surface area contributed by atoms with Gasteiger partial charge in [-0.05, 0) is 73.7 Å². The number of hydrogen-bond acceptors (Lipinski definition) is 6. The number of aromatic nitrogens is 4. The number of hydrogen-bond donors (Lipinski definition) is 0. The van der Waals surface area contributed by atoms with Crippen LogP contribution in [0.1, 0.15) is 56.6 Å². The van der Waals surface area contributed by atoms with Crippen molar-refractivity contribution in [3.8, 4) is 0 Å². The van der Waals surface area contributed by atoms with E-state index in [1.165, 1.54) is 24.0 Å². The molecule has 10 heteroatoms. The first-order valence-electron chi connectivity index (χ1n) is 14.3. The molecule has 2 saturated heterocycles. The monoisotopic (exact) mass is 616 g/mol. The molecule has 2 aromatic carbocycles. The normalized spacial score (nSPS) is 17.3. The summed E-state index contributed by atoms with van der Waals surface area (Å²) in [7, 11) is 1.95. The molecule has 0 N–H and O–H groups in total.